The van der Waals surface area contributed by atoms with E-state index in [4.69, 9.17) is 5.11 Å². The molecule has 0 saturated heterocycles. The SMILES string of the molecule is OCc1cnc(N2CCn3cnnc3C2)cn1. The third kappa shape index (κ3) is 1.84. The molecule has 7 heteroatoms. The highest BCUT2D eigenvalue weighted by atomic mass is 16.3. The number of nitrogens with zero attached hydrogens (tertiary/aromatic N) is 6. The Morgan fingerprint density at radius 1 is 1.24 bits per heavy atom. The van der Waals surface area contributed by atoms with Crippen molar-refractivity contribution in [2.24, 2.45) is 0 Å². The Morgan fingerprint density at radius 3 is 2.94 bits per heavy atom. The molecule has 7 nitrogen and oxygen atoms in total. The molecule has 1 N–H and O–H groups in total. The van der Waals surface area contributed by atoms with Crippen LogP contribution >= 0.6 is 0 Å². The van der Waals surface area contributed by atoms with Crippen molar-refractivity contribution in [3.8, 4) is 0 Å². The van der Waals surface area contributed by atoms with E-state index in [1.165, 1.54) is 0 Å². The lowest BCUT2D eigenvalue weighted by molar-refractivity contribution is 0.276. The fraction of sp³-hybridized carbons (Fsp3) is 0.400. The van der Waals surface area contributed by atoms with Crippen LogP contribution in [0.1, 0.15) is 11.5 Å². The topological polar surface area (TPSA) is 80.0 Å². The van der Waals surface area contributed by atoms with Crippen LogP contribution in [-0.2, 0) is 19.7 Å². The predicted octanol–water partition coefficient (Wildman–Crippen LogP) is -0.419. The summed E-state index contributed by atoms with van der Waals surface area (Å²) in [5.74, 6) is 1.74. The van der Waals surface area contributed by atoms with E-state index in [1.54, 1.807) is 18.7 Å². The van der Waals surface area contributed by atoms with Crippen LogP contribution in [0.25, 0.3) is 0 Å². The highest BCUT2D eigenvalue weighted by molar-refractivity contribution is 5.36. The summed E-state index contributed by atoms with van der Waals surface area (Å²) >= 11 is 0. The Balaban J connectivity index is 1.81. The van der Waals surface area contributed by atoms with Crippen LogP contribution in [0.4, 0.5) is 5.82 Å². The zero-order valence-corrected chi connectivity index (χ0v) is 9.19. The third-order valence-corrected chi connectivity index (χ3v) is 2.82. The number of anilines is 1. The zero-order valence-electron chi connectivity index (χ0n) is 9.19. The molecule has 17 heavy (non-hydrogen) atoms. The maximum absolute atomic E-state index is 8.90. The molecule has 0 fully saturated rings. The first-order chi connectivity index (χ1) is 8.36. The van der Waals surface area contributed by atoms with Gasteiger partial charge in [-0.2, -0.15) is 0 Å². The molecule has 88 valence electrons. The third-order valence-electron chi connectivity index (χ3n) is 2.82. The van der Waals surface area contributed by atoms with E-state index in [2.05, 4.69) is 25.1 Å². The van der Waals surface area contributed by atoms with Crippen molar-refractivity contribution >= 4 is 5.82 Å². The first-order valence-corrected chi connectivity index (χ1v) is 5.40. The van der Waals surface area contributed by atoms with Crippen molar-refractivity contribution in [2.75, 3.05) is 11.4 Å². The van der Waals surface area contributed by atoms with E-state index in [-0.39, 0.29) is 6.61 Å². The van der Waals surface area contributed by atoms with Crippen LogP contribution < -0.4 is 4.90 Å². The van der Waals surface area contributed by atoms with Gasteiger partial charge in [0.1, 0.15) is 12.1 Å². The molecule has 0 bridgehead atoms. The fourth-order valence-corrected chi connectivity index (χ4v) is 1.85. The molecule has 0 saturated carbocycles. The van der Waals surface area contributed by atoms with Gasteiger partial charge in [0, 0.05) is 13.1 Å². The molecule has 0 unspecified atom stereocenters. The van der Waals surface area contributed by atoms with Gasteiger partial charge in [0.25, 0.3) is 0 Å². The van der Waals surface area contributed by atoms with Gasteiger partial charge in [0.2, 0.25) is 0 Å². The summed E-state index contributed by atoms with van der Waals surface area (Å²) in [7, 11) is 0. The molecule has 2 aromatic heterocycles. The van der Waals surface area contributed by atoms with Gasteiger partial charge in [-0.05, 0) is 0 Å². The van der Waals surface area contributed by atoms with E-state index in [9.17, 15) is 0 Å². The minimum atomic E-state index is -0.0817. The van der Waals surface area contributed by atoms with Gasteiger partial charge in [-0.3, -0.25) is 4.98 Å². The second-order valence-electron chi connectivity index (χ2n) is 3.89. The maximum Gasteiger partial charge on any atom is 0.152 e. The molecular weight excluding hydrogens is 220 g/mol. The fourth-order valence-electron chi connectivity index (χ4n) is 1.85. The van der Waals surface area contributed by atoms with E-state index < -0.39 is 0 Å². The Bertz CT molecular complexity index is 508. The number of aliphatic hydroxyl groups is 1. The summed E-state index contributed by atoms with van der Waals surface area (Å²) in [5.41, 5.74) is 0.578. The van der Waals surface area contributed by atoms with Crippen LogP contribution in [0.3, 0.4) is 0 Å². The Kier molecular flexibility index (Phi) is 2.45. The molecule has 2 aromatic rings. The molecule has 0 aliphatic carbocycles. The molecule has 0 aromatic carbocycles. The normalized spacial score (nSPS) is 14.8. The second-order valence-corrected chi connectivity index (χ2v) is 3.89. The van der Waals surface area contributed by atoms with Crippen LogP contribution in [-0.4, -0.2) is 36.4 Å². The number of fused-ring (bicyclic) bond motifs is 1. The molecular formula is C10H12N6O. The highest BCUT2D eigenvalue weighted by Gasteiger charge is 2.18. The summed E-state index contributed by atoms with van der Waals surface area (Å²) in [6, 6.07) is 0. The standard InChI is InChI=1S/C10H12N6O/c17-6-8-3-12-9(4-11-8)15-1-2-16-7-13-14-10(16)5-15/h3-4,7,17H,1-2,5-6H2. The van der Waals surface area contributed by atoms with Gasteiger partial charge >= 0.3 is 0 Å². The van der Waals surface area contributed by atoms with Crippen molar-refractivity contribution < 1.29 is 5.11 Å². The lowest BCUT2D eigenvalue weighted by atomic mass is 10.3. The van der Waals surface area contributed by atoms with Crippen molar-refractivity contribution in [2.45, 2.75) is 19.7 Å². The van der Waals surface area contributed by atoms with E-state index in [0.717, 1.165) is 24.7 Å². The number of rotatable bonds is 2. The molecule has 0 radical (unpaired) electrons. The van der Waals surface area contributed by atoms with E-state index in [0.29, 0.717) is 12.2 Å². The van der Waals surface area contributed by atoms with Crippen LogP contribution in [0.5, 0.6) is 0 Å². The second kappa shape index (κ2) is 4.10. The van der Waals surface area contributed by atoms with Gasteiger partial charge in [0.05, 0.1) is 31.2 Å². The first kappa shape index (κ1) is 10.2. The molecule has 3 rings (SSSR count). The number of aliphatic hydroxyl groups excluding tert-OH is 1. The zero-order chi connectivity index (χ0) is 11.7. The molecule has 0 spiro atoms. The van der Waals surface area contributed by atoms with Crippen molar-refractivity contribution in [3.63, 3.8) is 0 Å². The Labute approximate surface area is 97.8 Å². The van der Waals surface area contributed by atoms with Crippen molar-refractivity contribution in [1.82, 2.24) is 24.7 Å². The predicted molar refractivity (Wildman–Crippen MR) is 59.0 cm³/mol. The van der Waals surface area contributed by atoms with E-state index in [1.807, 2.05) is 4.57 Å². The maximum atomic E-state index is 8.90. The number of aromatic nitrogens is 5. The van der Waals surface area contributed by atoms with E-state index >= 15 is 0 Å². The first-order valence-electron chi connectivity index (χ1n) is 5.40. The quantitative estimate of drug-likeness (QED) is 0.757. The van der Waals surface area contributed by atoms with Crippen LogP contribution in [0.15, 0.2) is 18.7 Å². The Morgan fingerprint density at radius 2 is 2.18 bits per heavy atom. The number of hydrogen-bond acceptors (Lipinski definition) is 6. The summed E-state index contributed by atoms with van der Waals surface area (Å²) in [6.07, 6.45) is 5.01. The Hall–Kier alpha value is -2.02. The van der Waals surface area contributed by atoms with Gasteiger partial charge in [-0.25, -0.2) is 4.98 Å². The van der Waals surface area contributed by atoms with Crippen molar-refractivity contribution in [1.29, 1.82) is 0 Å². The van der Waals surface area contributed by atoms with Gasteiger partial charge < -0.3 is 14.6 Å². The van der Waals surface area contributed by atoms with Crippen LogP contribution in [0, 0.1) is 0 Å². The largest absolute Gasteiger partial charge is 0.390 e. The minimum Gasteiger partial charge on any atom is -0.390 e. The van der Waals surface area contributed by atoms with Crippen molar-refractivity contribution in [3.05, 3.63) is 30.2 Å². The summed E-state index contributed by atoms with van der Waals surface area (Å²) < 4.78 is 2.03. The average Bonchev–Trinajstić information content (AvgIpc) is 2.86. The molecule has 0 amide bonds. The summed E-state index contributed by atoms with van der Waals surface area (Å²) in [4.78, 5) is 10.5. The molecule has 1 aliphatic rings. The molecule has 0 atom stereocenters. The van der Waals surface area contributed by atoms with Gasteiger partial charge in [-0.15, -0.1) is 10.2 Å². The smallest absolute Gasteiger partial charge is 0.152 e. The number of hydrogen-bond donors (Lipinski definition) is 1. The van der Waals surface area contributed by atoms with Gasteiger partial charge in [0.15, 0.2) is 5.82 Å². The summed E-state index contributed by atoms with van der Waals surface area (Å²) in [5, 5.41) is 16.8. The molecule has 1 aliphatic heterocycles. The lowest BCUT2D eigenvalue weighted by Crippen LogP contribution is -2.34. The van der Waals surface area contributed by atoms with Gasteiger partial charge in [-0.1, -0.05) is 0 Å². The monoisotopic (exact) mass is 232 g/mol. The minimum absolute atomic E-state index is 0.0817. The molecule has 3 heterocycles. The lowest BCUT2D eigenvalue weighted by Gasteiger charge is -2.27. The van der Waals surface area contributed by atoms with Crippen LogP contribution in [0.2, 0.25) is 0 Å². The summed E-state index contributed by atoms with van der Waals surface area (Å²) in [6.45, 7) is 2.32. The average molecular weight is 232 g/mol. The highest BCUT2D eigenvalue weighted by Crippen LogP contribution is 2.16.